The maximum Gasteiger partial charge on any atom is 0.271 e. The van der Waals surface area contributed by atoms with Crippen molar-refractivity contribution in [1.82, 2.24) is 5.43 Å². The summed E-state index contributed by atoms with van der Waals surface area (Å²) in [6.07, 6.45) is 2.41. The Kier molecular flexibility index (Phi) is 4.66. The number of nitrogens with zero attached hydrogens (tertiary/aromatic N) is 1. The molecule has 102 valence electrons. The molecule has 0 aromatic heterocycles. The molecular weight excluding hydrogens is 248 g/mol. The molecule has 0 spiro atoms. The molecule has 0 atom stereocenters. The lowest BCUT2D eigenvalue weighted by Gasteiger charge is -2.03. The van der Waals surface area contributed by atoms with E-state index in [0.29, 0.717) is 12.0 Å². The molecule has 1 N–H and O–H groups in total. The number of aryl methyl sites for hydroxylation is 2. The minimum absolute atomic E-state index is 0.183. The number of rotatable bonds is 4. The van der Waals surface area contributed by atoms with E-state index in [4.69, 9.17) is 0 Å². The first-order valence-electron chi connectivity index (χ1n) is 6.60. The van der Waals surface area contributed by atoms with E-state index in [0.717, 1.165) is 11.1 Å². The highest BCUT2D eigenvalue weighted by Gasteiger charge is 2.04. The zero-order valence-electron chi connectivity index (χ0n) is 11.8. The van der Waals surface area contributed by atoms with E-state index >= 15 is 0 Å². The molecule has 0 aliphatic carbocycles. The summed E-state index contributed by atoms with van der Waals surface area (Å²) in [6.45, 7) is 4.01. The summed E-state index contributed by atoms with van der Waals surface area (Å²) in [7, 11) is 0. The van der Waals surface area contributed by atoms with Crippen molar-refractivity contribution in [2.75, 3.05) is 0 Å². The summed E-state index contributed by atoms with van der Waals surface area (Å²) in [5, 5.41) is 3.97. The number of hydrazone groups is 1. The van der Waals surface area contributed by atoms with Crippen LogP contribution in [0.25, 0.3) is 0 Å². The number of carbonyl (C=O) groups excluding carboxylic acids is 1. The van der Waals surface area contributed by atoms with E-state index in [1.54, 1.807) is 6.21 Å². The van der Waals surface area contributed by atoms with Crippen LogP contribution in [0.3, 0.4) is 0 Å². The minimum atomic E-state index is -0.183. The van der Waals surface area contributed by atoms with Crippen LogP contribution in [-0.4, -0.2) is 12.1 Å². The van der Waals surface area contributed by atoms with Gasteiger partial charge < -0.3 is 0 Å². The molecule has 3 nitrogen and oxygen atoms in total. The smallest absolute Gasteiger partial charge is 0.267 e. The summed E-state index contributed by atoms with van der Waals surface area (Å²) in [5.41, 5.74) is 6.62. The topological polar surface area (TPSA) is 41.5 Å². The molecule has 0 saturated carbocycles. The fourth-order valence-corrected chi connectivity index (χ4v) is 1.82. The Balaban J connectivity index is 1.90. The van der Waals surface area contributed by atoms with Gasteiger partial charge in [0.15, 0.2) is 0 Å². The van der Waals surface area contributed by atoms with E-state index in [-0.39, 0.29) is 5.91 Å². The average molecular weight is 266 g/mol. The SMILES string of the molecule is Cc1ccc(C(=O)N/N=C/Cc2ccccc2)cc1C. The van der Waals surface area contributed by atoms with E-state index in [2.05, 4.69) is 10.5 Å². The van der Waals surface area contributed by atoms with Crippen LogP contribution >= 0.6 is 0 Å². The lowest BCUT2D eigenvalue weighted by Crippen LogP contribution is -2.17. The number of hydrogen-bond acceptors (Lipinski definition) is 2. The Morgan fingerprint density at radius 3 is 2.55 bits per heavy atom. The molecule has 0 heterocycles. The summed E-state index contributed by atoms with van der Waals surface area (Å²) >= 11 is 0. The van der Waals surface area contributed by atoms with Gasteiger partial charge in [-0.3, -0.25) is 4.79 Å². The Morgan fingerprint density at radius 2 is 1.85 bits per heavy atom. The van der Waals surface area contributed by atoms with Crippen LogP contribution in [0.4, 0.5) is 0 Å². The van der Waals surface area contributed by atoms with E-state index in [1.165, 1.54) is 5.56 Å². The molecule has 0 aliphatic rings. The second-order valence-electron chi connectivity index (χ2n) is 4.74. The van der Waals surface area contributed by atoms with Gasteiger partial charge in [-0.05, 0) is 42.7 Å². The molecule has 0 unspecified atom stereocenters. The molecule has 2 aromatic rings. The van der Waals surface area contributed by atoms with Crippen molar-refractivity contribution in [1.29, 1.82) is 0 Å². The van der Waals surface area contributed by atoms with Crippen molar-refractivity contribution >= 4 is 12.1 Å². The first-order chi connectivity index (χ1) is 9.66. The zero-order chi connectivity index (χ0) is 14.4. The van der Waals surface area contributed by atoms with Crippen LogP contribution in [0.5, 0.6) is 0 Å². The fourth-order valence-electron chi connectivity index (χ4n) is 1.82. The second-order valence-corrected chi connectivity index (χ2v) is 4.74. The Hall–Kier alpha value is -2.42. The summed E-state index contributed by atoms with van der Waals surface area (Å²) in [5.74, 6) is -0.183. The standard InChI is InChI=1S/C17H18N2O/c1-13-8-9-16(12-14(13)2)17(20)19-18-11-10-15-6-4-3-5-7-15/h3-9,11-12H,10H2,1-2H3,(H,19,20)/b18-11+. The molecule has 0 bridgehead atoms. The van der Waals surface area contributed by atoms with Gasteiger partial charge in [0.05, 0.1) is 0 Å². The second kappa shape index (κ2) is 6.66. The average Bonchev–Trinajstić information content (AvgIpc) is 2.47. The van der Waals surface area contributed by atoms with Gasteiger partial charge >= 0.3 is 0 Å². The lowest BCUT2D eigenvalue weighted by atomic mass is 10.1. The predicted molar refractivity (Wildman–Crippen MR) is 82.0 cm³/mol. The Bertz CT molecular complexity index is 618. The first-order valence-corrected chi connectivity index (χ1v) is 6.60. The van der Waals surface area contributed by atoms with Crippen molar-refractivity contribution in [3.63, 3.8) is 0 Å². The van der Waals surface area contributed by atoms with E-state index in [1.807, 2.05) is 62.4 Å². The van der Waals surface area contributed by atoms with Crippen molar-refractivity contribution in [3.8, 4) is 0 Å². The van der Waals surface area contributed by atoms with Crippen LogP contribution in [0.2, 0.25) is 0 Å². The largest absolute Gasteiger partial charge is 0.271 e. The highest BCUT2D eigenvalue weighted by molar-refractivity contribution is 5.94. The van der Waals surface area contributed by atoms with Gasteiger partial charge in [-0.15, -0.1) is 0 Å². The third kappa shape index (κ3) is 3.79. The predicted octanol–water partition coefficient (Wildman–Crippen LogP) is 3.26. The van der Waals surface area contributed by atoms with Crippen molar-refractivity contribution in [3.05, 3.63) is 70.8 Å². The first kappa shape index (κ1) is 14.0. The molecule has 20 heavy (non-hydrogen) atoms. The quantitative estimate of drug-likeness (QED) is 0.669. The van der Waals surface area contributed by atoms with Gasteiger partial charge in [-0.1, -0.05) is 36.4 Å². The summed E-state index contributed by atoms with van der Waals surface area (Å²) in [4.78, 5) is 11.9. The minimum Gasteiger partial charge on any atom is -0.267 e. The number of carbonyl (C=O) groups is 1. The monoisotopic (exact) mass is 266 g/mol. The lowest BCUT2D eigenvalue weighted by molar-refractivity contribution is 0.0955. The number of nitrogens with one attached hydrogen (secondary N) is 1. The van der Waals surface area contributed by atoms with Crippen molar-refractivity contribution < 1.29 is 4.79 Å². The van der Waals surface area contributed by atoms with Gasteiger partial charge in [-0.25, -0.2) is 5.43 Å². The highest BCUT2D eigenvalue weighted by Crippen LogP contribution is 2.09. The van der Waals surface area contributed by atoms with Crippen LogP contribution in [0.15, 0.2) is 53.6 Å². The molecular formula is C17H18N2O. The molecule has 0 aliphatic heterocycles. The molecule has 1 amide bonds. The number of hydrogen-bond donors (Lipinski definition) is 1. The maximum absolute atomic E-state index is 11.9. The Morgan fingerprint density at radius 1 is 1.10 bits per heavy atom. The van der Waals surface area contributed by atoms with Crippen LogP contribution in [0, 0.1) is 13.8 Å². The van der Waals surface area contributed by atoms with Gasteiger partial charge in [0.25, 0.3) is 5.91 Å². The fraction of sp³-hybridized carbons (Fsp3) is 0.176. The Labute approximate surface area is 119 Å². The third-order valence-electron chi connectivity index (χ3n) is 3.20. The summed E-state index contributed by atoms with van der Waals surface area (Å²) in [6, 6.07) is 15.6. The molecule has 2 rings (SSSR count). The van der Waals surface area contributed by atoms with Crippen LogP contribution in [0.1, 0.15) is 27.0 Å². The highest BCUT2D eigenvalue weighted by atomic mass is 16.2. The van der Waals surface area contributed by atoms with Gasteiger partial charge in [-0.2, -0.15) is 5.10 Å². The van der Waals surface area contributed by atoms with Crippen LogP contribution in [-0.2, 0) is 6.42 Å². The van der Waals surface area contributed by atoms with Gasteiger partial charge in [0.1, 0.15) is 0 Å². The normalized spacial score (nSPS) is 10.7. The molecule has 3 heteroatoms. The molecule has 0 fully saturated rings. The van der Waals surface area contributed by atoms with E-state index in [9.17, 15) is 4.79 Å². The maximum atomic E-state index is 11.9. The number of benzene rings is 2. The van der Waals surface area contributed by atoms with Gasteiger partial charge in [0.2, 0.25) is 0 Å². The summed E-state index contributed by atoms with van der Waals surface area (Å²) < 4.78 is 0. The van der Waals surface area contributed by atoms with E-state index < -0.39 is 0 Å². The number of amides is 1. The van der Waals surface area contributed by atoms with Crippen LogP contribution < -0.4 is 5.43 Å². The van der Waals surface area contributed by atoms with Crippen molar-refractivity contribution in [2.24, 2.45) is 5.10 Å². The molecule has 0 radical (unpaired) electrons. The van der Waals surface area contributed by atoms with Crippen molar-refractivity contribution in [2.45, 2.75) is 20.3 Å². The zero-order valence-corrected chi connectivity index (χ0v) is 11.8. The molecule has 0 saturated heterocycles. The molecule has 2 aromatic carbocycles. The van der Waals surface area contributed by atoms with Gasteiger partial charge in [0, 0.05) is 18.2 Å². The third-order valence-corrected chi connectivity index (χ3v) is 3.20.